The van der Waals surface area contributed by atoms with Gasteiger partial charge in [-0.2, -0.15) is 0 Å². The zero-order valence-electron chi connectivity index (χ0n) is 10.5. The summed E-state index contributed by atoms with van der Waals surface area (Å²) in [7, 11) is 0. The average molecular weight is 222 g/mol. The second kappa shape index (κ2) is 5.49. The number of rotatable bonds is 3. The van der Waals surface area contributed by atoms with Gasteiger partial charge in [-0.15, -0.1) is 0 Å². The first kappa shape index (κ1) is 11.7. The van der Waals surface area contributed by atoms with Crippen molar-refractivity contribution in [2.24, 2.45) is 0 Å². The monoisotopic (exact) mass is 222 g/mol. The highest BCUT2D eigenvalue weighted by molar-refractivity contribution is 5.72. The molecule has 0 aliphatic carbocycles. The van der Waals surface area contributed by atoms with Gasteiger partial charge in [0.15, 0.2) is 0 Å². The van der Waals surface area contributed by atoms with Gasteiger partial charge in [0.1, 0.15) is 0 Å². The summed E-state index contributed by atoms with van der Waals surface area (Å²) in [5, 5.41) is 0. The van der Waals surface area contributed by atoms with Gasteiger partial charge in [0, 0.05) is 0 Å². The molecule has 0 aliphatic heterocycles. The Labute approximate surface area is 104 Å². The summed E-state index contributed by atoms with van der Waals surface area (Å²) in [4.78, 5) is 0. The van der Waals surface area contributed by atoms with E-state index in [1.165, 1.54) is 22.3 Å². The fraction of sp³-hybridized carbons (Fsp3) is 0.176. The molecule has 0 unspecified atom stereocenters. The third-order valence-electron chi connectivity index (χ3n) is 3.07. The first-order valence-corrected chi connectivity index (χ1v) is 6.13. The van der Waals surface area contributed by atoms with Gasteiger partial charge >= 0.3 is 0 Å². The van der Waals surface area contributed by atoms with Crippen molar-refractivity contribution in [1.29, 1.82) is 0 Å². The Morgan fingerprint density at radius 3 is 2.12 bits per heavy atom. The molecule has 0 heteroatoms. The molecule has 0 bridgehead atoms. The molecule has 0 aliphatic rings. The van der Waals surface area contributed by atoms with E-state index in [4.69, 9.17) is 0 Å². The normalized spacial score (nSPS) is 10.9. The van der Waals surface area contributed by atoms with E-state index >= 15 is 0 Å². The molecule has 0 heterocycles. The minimum Gasteiger partial charge on any atom is -0.0620 e. The Bertz CT molecular complexity index is 521. The lowest BCUT2D eigenvalue weighted by Gasteiger charge is -2.03. The van der Waals surface area contributed by atoms with Crippen LogP contribution in [0.5, 0.6) is 0 Å². The largest absolute Gasteiger partial charge is 0.0620 e. The van der Waals surface area contributed by atoms with Gasteiger partial charge in [0.2, 0.25) is 0 Å². The van der Waals surface area contributed by atoms with E-state index in [-0.39, 0.29) is 0 Å². The van der Waals surface area contributed by atoms with Gasteiger partial charge < -0.3 is 0 Å². The van der Waals surface area contributed by atoms with E-state index in [0.29, 0.717) is 0 Å². The molecule has 0 N–H and O–H groups in total. The van der Waals surface area contributed by atoms with Gasteiger partial charge in [-0.25, -0.2) is 0 Å². The van der Waals surface area contributed by atoms with E-state index in [1.807, 2.05) is 0 Å². The summed E-state index contributed by atoms with van der Waals surface area (Å²) in [5.41, 5.74) is 5.33. The van der Waals surface area contributed by atoms with E-state index in [1.54, 1.807) is 0 Å². The Hall–Kier alpha value is -1.82. The molecule has 0 amide bonds. The topological polar surface area (TPSA) is 0 Å². The summed E-state index contributed by atoms with van der Waals surface area (Å²) in [5.74, 6) is 0. The molecule has 2 aromatic carbocycles. The van der Waals surface area contributed by atoms with Crippen LogP contribution >= 0.6 is 0 Å². The van der Waals surface area contributed by atoms with Crippen LogP contribution in [-0.4, -0.2) is 0 Å². The Morgan fingerprint density at radius 1 is 0.824 bits per heavy atom. The molecule has 0 saturated carbocycles. The van der Waals surface area contributed by atoms with Crippen LogP contribution in [0.1, 0.15) is 29.2 Å². The molecule has 0 radical (unpaired) electrons. The van der Waals surface area contributed by atoms with Gasteiger partial charge in [-0.1, -0.05) is 67.6 Å². The van der Waals surface area contributed by atoms with Crippen molar-refractivity contribution in [2.45, 2.75) is 20.3 Å². The lowest BCUT2D eigenvalue weighted by Crippen LogP contribution is -1.85. The van der Waals surface area contributed by atoms with Crippen LogP contribution < -0.4 is 0 Å². The second-order valence-electron chi connectivity index (χ2n) is 4.24. The van der Waals surface area contributed by atoms with Crippen molar-refractivity contribution in [2.75, 3.05) is 0 Å². The maximum Gasteiger partial charge on any atom is -0.0224 e. The predicted molar refractivity (Wildman–Crippen MR) is 75.9 cm³/mol. The van der Waals surface area contributed by atoms with Crippen LogP contribution in [-0.2, 0) is 6.42 Å². The number of benzene rings is 2. The Balaban J connectivity index is 2.29. The maximum absolute atomic E-state index is 2.21. The smallest absolute Gasteiger partial charge is 0.0224 e. The molecule has 0 nitrogen and oxygen atoms in total. The summed E-state index contributed by atoms with van der Waals surface area (Å²) in [6, 6.07) is 17.0. The summed E-state index contributed by atoms with van der Waals surface area (Å²) < 4.78 is 0. The molecular formula is C17H18. The molecule has 0 atom stereocenters. The van der Waals surface area contributed by atoms with E-state index in [2.05, 4.69) is 74.5 Å². The number of aryl methyl sites for hydroxylation is 2. The molecule has 86 valence electrons. The van der Waals surface area contributed by atoms with E-state index in [9.17, 15) is 0 Å². The summed E-state index contributed by atoms with van der Waals surface area (Å²) >= 11 is 0. The van der Waals surface area contributed by atoms with Crippen LogP contribution in [0.2, 0.25) is 0 Å². The van der Waals surface area contributed by atoms with Gasteiger partial charge in [-0.3, -0.25) is 0 Å². The minimum absolute atomic E-state index is 1.08. The van der Waals surface area contributed by atoms with Crippen molar-refractivity contribution >= 4 is 12.2 Å². The van der Waals surface area contributed by atoms with E-state index in [0.717, 1.165) is 6.42 Å². The SMILES string of the molecule is CCc1ccccc1/C=C\c1ccccc1C. The predicted octanol–water partition coefficient (Wildman–Crippen LogP) is 4.73. The van der Waals surface area contributed by atoms with Crippen molar-refractivity contribution in [3.05, 3.63) is 70.8 Å². The first-order chi connectivity index (χ1) is 8.31. The molecule has 2 rings (SSSR count). The molecular weight excluding hydrogens is 204 g/mol. The molecule has 0 saturated heterocycles. The van der Waals surface area contributed by atoms with Gasteiger partial charge in [-0.05, 0) is 35.6 Å². The van der Waals surface area contributed by atoms with Crippen molar-refractivity contribution in [1.82, 2.24) is 0 Å². The van der Waals surface area contributed by atoms with Crippen LogP contribution in [0.15, 0.2) is 48.5 Å². The lowest BCUT2D eigenvalue weighted by atomic mass is 10.0. The molecule has 2 aromatic rings. The molecule has 0 fully saturated rings. The fourth-order valence-electron chi connectivity index (χ4n) is 1.97. The second-order valence-corrected chi connectivity index (χ2v) is 4.24. The number of hydrogen-bond donors (Lipinski definition) is 0. The highest BCUT2D eigenvalue weighted by Crippen LogP contribution is 2.15. The van der Waals surface area contributed by atoms with E-state index < -0.39 is 0 Å². The maximum atomic E-state index is 2.21. The highest BCUT2D eigenvalue weighted by atomic mass is 14.0. The zero-order valence-corrected chi connectivity index (χ0v) is 10.5. The van der Waals surface area contributed by atoms with Gasteiger partial charge in [0.25, 0.3) is 0 Å². The van der Waals surface area contributed by atoms with Gasteiger partial charge in [0.05, 0.1) is 0 Å². The average Bonchev–Trinajstić information content (AvgIpc) is 2.38. The molecule has 17 heavy (non-hydrogen) atoms. The third kappa shape index (κ3) is 2.85. The third-order valence-corrected chi connectivity index (χ3v) is 3.07. The molecule has 0 spiro atoms. The standard InChI is InChI=1S/C17H18/c1-3-15-9-6-7-11-17(15)13-12-16-10-5-4-8-14(16)2/h4-13H,3H2,1-2H3/b13-12-. The van der Waals surface area contributed by atoms with Crippen LogP contribution in [0.3, 0.4) is 0 Å². The zero-order chi connectivity index (χ0) is 12.1. The summed E-state index contributed by atoms with van der Waals surface area (Å²) in [6.45, 7) is 4.34. The first-order valence-electron chi connectivity index (χ1n) is 6.13. The van der Waals surface area contributed by atoms with Crippen molar-refractivity contribution in [3.8, 4) is 0 Å². The van der Waals surface area contributed by atoms with Crippen molar-refractivity contribution in [3.63, 3.8) is 0 Å². The Kier molecular flexibility index (Phi) is 3.77. The fourth-order valence-corrected chi connectivity index (χ4v) is 1.97. The molecule has 0 aromatic heterocycles. The van der Waals surface area contributed by atoms with Crippen molar-refractivity contribution < 1.29 is 0 Å². The summed E-state index contributed by atoms with van der Waals surface area (Å²) in [6.07, 6.45) is 5.49. The lowest BCUT2D eigenvalue weighted by molar-refractivity contribution is 1.13. The number of hydrogen-bond acceptors (Lipinski definition) is 0. The van der Waals surface area contributed by atoms with Crippen LogP contribution in [0.4, 0.5) is 0 Å². The quantitative estimate of drug-likeness (QED) is 0.659. The van der Waals surface area contributed by atoms with Crippen LogP contribution in [0, 0.1) is 6.92 Å². The minimum atomic E-state index is 1.08. The van der Waals surface area contributed by atoms with Crippen LogP contribution in [0.25, 0.3) is 12.2 Å². The highest BCUT2D eigenvalue weighted by Gasteiger charge is 1.96. The Morgan fingerprint density at radius 2 is 1.41 bits per heavy atom.